The van der Waals surface area contributed by atoms with Gasteiger partial charge in [0.1, 0.15) is 6.04 Å². The van der Waals surface area contributed by atoms with Crippen LogP contribution < -0.4 is 0 Å². The summed E-state index contributed by atoms with van der Waals surface area (Å²) in [5.74, 6) is -0.472. The zero-order chi connectivity index (χ0) is 9.14. The second-order valence-corrected chi connectivity index (χ2v) is 3.27. The monoisotopic (exact) mass is 168 g/mol. The van der Waals surface area contributed by atoms with Crippen LogP contribution in [0.3, 0.4) is 0 Å². The molecule has 1 N–H and O–H groups in total. The molecule has 0 amide bonds. The highest BCUT2D eigenvalue weighted by atomic mass is 16.4. The lowest BCUT2D eigenvalue weighted by Crippen LogP contribution is -2.15. The Bertz CT molecular complexity index is 243. The van der Waals surface area contributed by atoms with Gasteiger partial charge in [0.15, 0.2) is 0 Å². The van der Waals surface area contributed by atoms with Gasteiger partial charge in [0, 0.05) is 0 Å². The quantitative estimate of drug-likeness (QED) is 0.698. The molecule has 1 heterocycles. The SMILES string of the molecule is CC(C)C[C@H]1N=NC=C1C(=O)O. The van der Waals surface area contributed by atoms with Crippen molar-refractivity contribution in [2.24, 2.45) is 16.1 Å². The Kier molecular flexibility index (Phi) is 2.58. The molecule has 1 aliphatic heterocycles. The molecule has 0 aromatic rings. The van der Waals surface area contributed by atoms with E-state index in [0.717, 1.165) is 6.42 Å². The van der Waals surface area contributed by atoms with Crippen molar-refractivity contribution in [3.8, 4) is 0 Å². The minimum absolute atomic E-state index is 0.234. The predicted octanol–water partition coefficient (Wildman–Crippen LogP) is 1.84. The number of carbonyl (C=O) groups is 1. The van der Waals surface area contributed by atoms with Gasteiger partial charge in [-0.25, -0.2) is 4.79 Å². The van der Waals surface area contributed by atoms with Gasteiger partial charge < -0.3 is 5.11 Å². The number of aliphatic carboxylic acids is 1. The summed E-state index contributed by atoms with van der Waals surface area (Å²) in [4.78, 5) is 10.6. The molecule has 0 aliphatic carbocycles. The molecule has 1 atom stereocenters. The number of carboxylic acids is 1. The zero-order valence-corrected chi connectivity index (χ0v) is 7.19. The van der Waals surface area contributed by atoms with Gasteiger partial charge in [-0.05, 0) is 12.3 Å². The van der Waals surface area contributed by atoms with E-state index in [1.807, 2.05) is 13.8 Å². The second-order valence-electron chi connectivity index (χ2n) is 3.27. The molecule has 0 saturated heterocycles. The minimum atomic E-state index is -0.911. The molecule has 0 unspecified atom stereocenters. The predicted molar refractivity (Wildman–Crippen MR) is 43.8 cm³/mol. The molecular weight excluding hydrogens is 156 g/mol. The number of nitrogens with zero attached hydrogens (tertiary/aromatic N) is 2. The molecule has 0 radical (unpaired) electrons. The highest BCUT2D eigenvalue weighted by molar-refractivity contribution is 5.88. The van der Waals surface area contributed by atoms with E-state index in [4.69, 9.17) is 5.11 Å². The van der Waals surface area contributed by atoms with E-state index in [2.05, 4.69) is 10.2 Å². The van der Waals surface area contributed by atoms with Crippen LogP contribution in [-0.2, 0) is 4.79 Å². The van der Waals surface area contributed by atoms with Crippen molar-refractivity contribution < 1.29 is 9.90 Å². The summed E-state index contributed by atoms with van der Waals surface area (Å²) in [7, 11) is 0. The molecule has 66 valence electrons. The molecule has 0 fully saturated rings. The molecule has 12 heavy (non-hydrogen) atoms. The lowest BCUT2D eigenvalue weighted by atomic mass is 9.99. The van der Waals surface area contributed by atoms with Crippen LogP contribution in [0.15, 0.2) is 22.0 Å². The van der Waals surface area contributed by atoms with Crippen LogP contribution in [0.4, 0.5) is 0 Å². The summed E-state index contributed by atoms with van der Waals surface area (Å²) < 4.78 is 0. The van der Waals surface area contributed by atoms with Crippen molar-refractivity contribution >= 4 is 5.97 Å². The maximum absolute atomic E-state index is 10.6. The molecule has 0 aromatic carbocycles. The topological polar surface area (TPSA) is 62.0 Å². The van der Waals surface area contributed by atoms with Crippen molar-refractivity contribution in [3.63, 3.8) is 0 Å². The highest BCUT2D eigenvalue weighted by Gasteiger charge is 2.24. The lowest BCUT2D eigenvalue weighted by Gasteiger charge is -2.09. The first-order valence-corrected chi connectivity index (χ1v) is 3.94. The molecule has 0 bridgehead atoms. The van der Waals surface area contributed by atoms with Crippen molar-refractivity contribution in [2.75, 3.05) is 0 Å². The van der Waals surface area contributed by atoms with Gasteiger partial charge in [-0.3, -0.25) is 0 Å². The third kappa shape index (κ3) is 1.90. The molecule has 4 nitrogen and oxygen atoms in total. The lowest BCUT2D eigenvalue weighted by molar-refractivity contribution is -0.132. The first-order valence-electron chi connectivity index (χ1n) is 3.94. The van der Waals surface area contributed by atoms with Gasteiger partial charge in [-0.15, -0.1) is 0 Å². The van der Waals surface area contributed by atoms with Crippen LogP contribution in [0.25, 0.3) is 0 Å². The smallest absolute Gasteiger partial charge is 0.335 e. The van der Waals surface area contributed by atoms with Crippen LogP contribution in [0, 0.1) is 5.92 Å². The second kappa shape index (κ2) is 3.47. The number of hydrogen-bond acceptors (Lipinski definition) is 3. The number of hydrogen-bond donors (Lipinski definition) is 1. The van der Waals surface area contributed by atoms with Gasteiger partial charge in [-0.2, -0.15) is 10.2 Å². The van der Waals surface area contributed by atoms with Gasteiger partial charge >= 0.3 is 5.97 Å². The molecular formula is C8H12N2O2. The summed E-state index contributed by atoms with van der Waals surface area (Å²) in [6.45, 7) is 4.07. The number of rotatable bonds is 3. The van der Waals surface area contributed by atoms with Crippen LogP contribution >= 0.6 is 0 Å². The van der Waals surface area contributed by atoms with E-state index >= 15 is 0 Å². The van der Waals surface area contributed by atoms with Crippen LogP contribution in [0.2, 0.25) is 0 Å². The van der Waals surface area contributed by atoms with Crippen molar-refractivity contribution in [1.82, 2.24) is 0 Å². The summed E-state index contributed by atoms with van der Waals surface area (Å²) in [5.41, 5.74) is 0.309. The minimum Gasteiger partial charge on any atom is -0.478 e. The number of carboxylic acid groups (broad SMARTS) is 1. The number of azo groups is 1. The standard InChI is InChI=1S/C8H12N2O2/c1-5(2)3-7-6(8(11)12)4-9-10-7/h4-5,7H,3H2,1-2H3,(H,11,12)/t7-/m1/s1. The van der Waals surface area contributed by atoms with Gasteiger partial charge in [0.2, 0.25) is 0 Å². The fraction of sp³-hybridized carbons (Fsp3) is 0.625. The van der Waals surface area contributed by atoms with Gasteiger partial charge in [-0.1, -0.05) is 13.8 Å². The average Bonchev–Trinajstić information content (AvgIpc) is 2.33. The third-order valence-corrected chi connectivity index (χ3v) is 1.70. The van der Waals surface area contributed by atoms with E-state index < -0.39 is 5.97 Å². The van der Waals surface area contributed by atoms with Gasteiger partial charge in [0.25, 0.3) is 0 Å². The highest BCUT2D eigenvalue weighted by Crippen LogP contribution is 2.21. The first-order chi connectivity index (χ1) is 5.61. The van der Waals surface area contributed by atoms with Crippen molar-refractivity contribution in [2.45, 2.75) is 26.3 Å². The summed E-state index contributed by atoms with van der Waals surface area (Å²) in [5, 5.41) is 16.1. The van der Waals surface area contributed by atoms with E-state index in [1.165, 1.54) is 6.20 Å². The Balaban J connectivity index is 2.61. The maximum atomic E-state index is 10.6. The molecule has 1 aliphatic rings. The Labute approximate surface area is 71.0 Å². The average molecular weight is 168 g/mol. The molecule has 1 rings (SSSR count). The fourth-order valence-corrected chi connectivity index (χ4v) is 1.14. The zero-order valence-electron chi connectivity index (χ0n) is 7.19. The Morgan fingerprint density at radius 3 is 2.92 bits per heavy atom. The van der Waals surface area contributed by atoms with E-state index in [1.54, 1.807) is 0 Å². The fourth-order valence-electron chi connectivity index (χ4n) is 1.14. The van der Waals surface area contributed by atoms with Crippen LogP contribution in [0.1, 0.15) is 20.3 Å². The summed E-state index contributed by atoms with van der Waals surface area (Å²) >= 11 is 0. The Hall–Kier alpha value is -1.19. The Morgan fingerprint density at radius 2 is 2.42 bits per heavy atom. The molecule has 0 spiro atoms. The third-order valence-electron chi connectivity index (χ3n) is 1.70. The molecule has 0 aromatic heterocycles. The maximum Gasteiger partial charge on any atom is 0.335 e. The first kappa shape index (κ1) is 8.90. The van der Waals surface area contributed by atoms with E-state index in [9.17, 15) is 4.79 Å². The normalized spacial score (nSPS) is 21.6. The Morgan fingerprint density at radius 1 is 1.75 bits per heavy atom. The van der Waals surface area contributed by atoms with Crippen LogP contribution in [-0.4, -0.2) is 17.1 Å². The van der Waals surface area contributed by atoms with Crippen molar-refractivity contribution in [3.05, 3.63) is 11.8 Å². The summed E-state index contributed by atoms with van der Waals surface area (Å²) in [6, 6.07) is -0.234. The largest absolute Gasteiger partial charge is 0.478 e. The van der Waals surface area contributed by atoms with E-state index in [0.29, 0.717) is 11.5 Å². The van der Waals surface area contributed by atoms with Gasteiger partial charge in [0.05, 0.1) is 11.8 Å². The molecule has 4 heteroatoms. The van der Waals surface area contributed by atoms with E-state index in [-0.39, 0.29) is 6.04 Å². The summed E-state index contributed by atoms with van der Waals surface area (Å²) in [6.07, 6.45) is 2.08. The van der Waals surface area contributed by atoms with Crippen molar-refractivity contribution in [1.29, 1.82) is 0 Å². The van der Waals surface area contributed by atoms with Crippen LogP contribution in [0.5, 0.6) is 0 Å². The molecule has 0 saturated carbocycles.